The summed E-state index contributed by atoms with van der Waals surface area (Å²) >= 11 is 0. The molecule has 0 radical (unpaired) electrons. The molecule has 2 aliphatic heterocycles. The maximum Gasteiger partial charge on any atom is 0.410 e. The summed E-state index contributed by atoms with van der Waals surface area (Å²) in [5.41, 5.74) is 2.32. The zero-order valence-corrected chi connectivity index (χ0v) is 21.3. The minimum absolute atomic E-state index is 0.225. The average molecular weight is 497 g/mol. The number of nitrogens with zero attached hydrogens (tertiary/aromatic N) is 6. The average Bonchev–Trinajstić information content (AvgIpc) is 3.22. The number of anilines is 1. The Balaban J connectivity index is 1.47. The Kier molecular flexibility index (Phi) is 6.21. The molecule has 5 rings (SSSR count). The maximum atomic E-state index is 12.7. The lowest BCUT2D eigenvalue weighted by Crippen LogP contribution is -2.51. The van der Waals surface area contributed by atoms with E-state index >= 15 is 0 Å². The van der Waals surface area contributed by atoms with Gasteiger partial charge in [-0.1, -0.05) is 0 Å². The van der Waals surface area contributed by atoms with Crippen molar-refractivity contribution in [2.24, 2.45) is 0 Å². The molecular formula is C25H32N6O5. The smallest absolute Gasteiger partial charge is 0.410 e. The molecule has 1 atom stereocenters. The summed E-state index contributed by atoms with van der Waals surface area (Å²) in [5.74, 6) is 1.23. The third-order valence-corrected chi connectivity index (χ3v) is 6.29. The summed E-state index contributed by atoms with van der Waals surface area (Å²) < 4.78 is 18.7. The Morgan fingerprint density at radius 1 is 1.14 bits per heavy atom. The Bertz CT molecular complexity index is 1280. The largest absolute Gasteiger partial charge is 0.467 e. The second-order valence-electron chi connectivity index (χ2n) is 10.2. The summed E-state index contributed by atoms with van der Waals surface area (Å²) in [4.78, 5) is 25.3. The topological polar surface area (TPSA) is 115 Å². The van der Waals surface area contributed by atoms with E-state index in [0.717, 1.165) is 22.0 Å². The van der Waals surface area contributed by atoms with Crippen LogP contribution in [0.3, 0.4) is 0 Å². The predicted molar refractivity (Wildman–Crippen MR) is 133 cm³/mol. The molecule has 3 aromatic rings. The highest BCUT2D eigenvalue weighted by Gasteiger charge is 2.30. The van der Waals surface area contributed by atoms with Gasteiger partial charge in [0.2, 0.25) is 0 Å². The van der Waals surface area contributed by atoms with E-state index in [4.69, 9.17) is 14.2 Å². The third kappa shape index (κ3) is 4.80. The molecule has 2 aromatic heterocycles. The van der Waals surface area contributed by atoms with Crippen LogP contribution in [-0.4, -0.2) is 87.4 Å². The standard InChI is InChI=1S/C25H32N6O5/c1-15-8-16-11-26-31(22-10-21(27-23(28-22)34-5)30-12-17(32)13-30)19(16)9-18(15)20-14-29(6-7-35-20)24(33)36-25(2,3)4/h8-11,17,20,32H,6-7,12-14H2,1-5H3. The van der Waals surface area contributed by atoms with Crippen molar-refractivity contribution < 1.29 is 24.1 Å². The molecule has 11 nitrogen and oxygen atoms in total. The number of ether oxygens (including phenoxy) is 3. The molecule has 0 saturated carbocycles. The monoisotopic (exact) mass is 496 g/mol. The number of methoxy groups -OCH3 is 1. The zero-order valence-electron chi connectivity index (χ0n) is 21.3. The summed E-state index contributed by atoms with van der Waals surface area (Å²) in [6.07, 6.45) is 0.803. The zero-order chi connectivity index (χ0) is 25.6. The minimum Gasteiger partial charge on any atom is -0.467 e. The summed E-state index contributed by atoms with van der Waals surface area (Å²) in [6, 6.07) is 6.17. The number of aliphatic hydroxyl groups excluding tert-OH is 1. The van der Waals surface area contributed by atoms with E-state index in [0.29, 0.717) is 44.4 Å². The highest BCUT2D eigenvalue weighted by Crippen LogP contribution is 2.31. The first kappa shape index (κ1) is 24.3. The van der Waals surface area contributed by atoms with E-state index in [1.54, 1.807) is 15.8 Å². The van der Waals surface area contributed by atoms with Crippen LogP contribution in [0.2, 0.25) is 0 Å². The number of β-amino-alcohol motifs (C(OH)–C–C–N with tert-alkyl or cyclic N) is 1. The van der Waals surface area contributed by atoms with Crippen LogP contribution in [0.1, 0.15) is 38.0 Å². The number of hydrogen-bond donors (Lipinski definition) is 1. The molecule has 192 valence electrons. The Morgan fingerprint density at radius 2 is 1.89 bits per heavy atom. The molecule has 11 heteroatoms. The molecule has 1 aromatic carbocycles. The lowest BCUT2D eigenvalue weighted by molar-refractivity contribution is -0.0434. The molecule has 4 heterocycles. The molecule has 0 bridgehead atoms. The van der Waals surface area contributed by atoms with Gasteiger partial charge in [0.15, 0.2) is 5.82 Å². The van der Waals surface area contributed by atoms with Gasteiger partial charge in [-0.2, -0.15) is 15.1 Å². The fourth-order valence-electron chi connectivity index (χ4n) is 4.47. The van der Waals surface area contributed by atoms with E-state index < -0.39 is 5.60 Å². The molecule has 1 amide bonds. The van der Waals surface area contributed by atoms with E-state index in [-0.39, 0.29) is 24.3 Å². The lowest BCUT2D eigenvalue weighted by Gasteiger charge is -2.36. The van der Waals surface area contributed by atoms with E-state index in [1.165, 1.54) is 7.11 Å². The van der Waals surface area contributed by atoms with Gasteiger partial charge in [0, 0.05) is 31.1 Å². The van der Waals surface area contributed by atoms with E-state index in [9.17, 15) is 9.90 Å². The number of fused-ring (bicyclic) bond motifs is 1. The second-order valence-corrected chi connectivity index (χ2v) is 10.2. The molecular weight excluding hydrogens is 464 g/mol. The molecule has 0 aliphatic carbocycles. The molecule has 36 heavy (non-hydrogen) atoms. The summed E-state index contributed by atoms with van der Waals surface area (Å²) in [6.45, 7) is 9.94. The number of rotatable bonds is 4. The molecule has 0 spiro atoms. The number of morpholine rings is 1. The van der Waals surface area contributed by atoms with Crippen LogP contribution in [0.5, 0.6) is 6.01 Å². The predicted octanol–water partition coefficient (Wildman–Crippen LogP) is 2.62. The van der Waals surface area contributed by atoms with Gasteiger partial charge in [-0.25, -0.2) is 9.48 Å². The Morgan fingerprint density at radius 3 is 2.58 bits per heavy atom. The van der Waals surface area contributed by atoms with Gasteiger partial charge in [0.05, 0.1) is 38.1 Å². The number of aromatic nitrogens is 4. The molecule has 1 unspecified atom stereocenters. The van der Waals surface area contributed by atoms with Crippen molar-refractivity contribution in [1.82, 2.24) is 24.6 Å². The quantitative estimate of drug-likeness (QED) is 0.582. The van der Waals surface area contributed by atoms with Gasteiger partial charge in [0.25, 0.3) is 0 Å². The summed E-state index contributed by atoms with van der Waals surface area (Å²) in [5, 5.41) is 15.3. The fraction of sp³-hybridized carbons (Fsp3) is 0.520. The van der Waals surface area contributed by atoms with Gasteiger partial charge in [-0.15, -0.1) is 0 Å². The van der Waals surface area contributed by atoms with Crippen molar-refractivity contribution in [3.05, 3.63) is 35.5 Å². The van der Waals surface area contributed by atoms with Crippen LogP contribution in [0.25, 0.3) is 16.7 Å². The van der Waals surface area contributed by atoms with Gasteiger partial charge < -0.3 is 29.1 Å². The number of aliphatic hydroxyl groups is 1. The van der Waals surface area contributed by atoms with Crippen LogP contribution in [0.4, 0.5) is 10.6 Å². The van der Waals surface area contributed by atoms with Crippen LogP contribution < -0.4 is 9.64 Å². The van der Waals surface area contributed by atoms with Crippen molar-refractivity contribution in [3.8, 4) is 11.8 Å². The minimum atomic E-state index is -0.558. The molecule has 2 aliphatic rings. The first-order valence-electron chi connectivity index (χ1n) is 12.1. The first-order valence-corrected chi connectivity index (χ1v) is 12.1. The molecule has 2 fully saturated rings. The highest BCUT2D eigenvalue weighted by atomic mass is 16.6. The number of carbonyl (C=O) groups is 1. The number of carbonyl (C=O) groups excluding carboxylic acids is 1. The maximum absolute atomic E-state index is 12.7. The van der Waals surface area contributed by atoms with Crippen LogP contribution in [0, 0.1) is 6.92 Å². The number of amides is 1. The van der Waals surface area contributed by atoms with Gasteiger partial charge in [-0.3, -0.25) is 0 Å². The second kappa shape index (κ2) is 9.21. The third-order valence-electron chi connectivity index (χ3n) is 6.29. The van der Waals surface area contributed by atoms with Gasteiger partial charge in [-0.05, 0) is 51.0 Å². The van der Waals surface area contributed by atoms with E-state index in [1.807, 2.05) is 44.7 Å². The van der Waals surface area contributed by atoms with Crippen molar-refractivity contribution in [2.45, 2.75) is 45.5 Å². The fourth-order valence-corrected chi connectivity index (χ4v) is 4.47. The van der Waals surface area contributed by atoms with Crippen LogP contribution in [0.15, 0.2) is 24.4 Å². The van der Waals surface area contributed by atoms with Gasteiger partial charge >= 0.3 is 12.1 Å². The normalized spacial score (nSPS) is 18.9. The van der Waals surface area contributed by atoms with Crippen molar-refractivity contribution in [2.75, 3.05) is 44.8 Å². The van der Waals surface area contributed by atoms with Crippen molar-refractivity contribution in [3.63, 3.8) is 0 Å². The number of hydrogen-bond acceptors (Lipinski definition) is 9. The van der Waals surface area contributed by atoms with Crippen molar-refractivity contribution >= 4 is 22.8 Å². The number of aryl methyl sites for hydroxylation is 1. The SMILES string of the molecule is COc1nc(N2CC(O)C2)cc(-n2ncc3cc(C)c(C4CN(C(=O)OC(C)(C)C)CCO4)cc32)n1. The Hall–Kier alpha value is -3.44. The first-order chi connectivity index (χ1) is 17.1. The lowest BCUT2D eigenvalue weighted by atomic mass is 10.00. The van der Waals surface area contributed by atoms with Crippen molar-refractivity contribution in [1.29, 1.82) is 0 Å². The van der Waals surface area contributed by atoms with E-state index in [2.05, 4.69) is 21.1 Å². The highest BCUT2D eigenvalue weighted by molar-refractivity contribution is 5.82. The number of benzene rings is 1. The molecule has 1 N–H and O–H groups in total. The Labute approximate surface area is 209 Å². The van der Waals surface area contributed by atoms with Gasteiger partial charge in [0.1, 0.15) is 17.5 Å². The van der Waals surface area contributed by atoms with Crippen LogP contribution >= 0.6 is 0 Å². The van der Waals surface area contributed by atoms with Crippen LogP contribution in [-0.2, 0) is 9.47 Å². The molecule has 2 saturated heterocycles. The summed E-state index contributed by atoms with van der Waals surface area (Å²) in [7, 11) is 1.52.